The zero-order chi connectivity index (χ0) is 15.1. The lowest BCUT2D eigenvalue weighted by molar-refractivity contribution is 0.0947. The minimum absolute atomic E-state index is 0.0964. The minimum Gasteiger partial charge on any atom is -0.352 e. The number of rotatable bonds is 5. The first kappa shape index (κ1) is 16.4. The molecule has 0 spiro atoms. The van der Waals surface area contributed by atoms with E-state index in [-0.39, 0.29) is 11.5 Å². The van der Waals surface area contributed by atoms with Crippen molar-refractivity contribution >= 4 is 21.8 Å². The van der Waals surface area contributed by atoms with Gasteiger partial charge in [0.15, 0.2) is 0 Å². The van der Waals surface area contributed by atoms with E-state index in [0.717, 1.165) is 26.1 Å². The lowest BCUT2D eigenvalue weighted by atomic mass is 10.2. The highest BCUT2D eigenvalue weighted by atomic mass is 79.9. The lowest BCUT2D eigenvalue weighted by Gasteiger charge is -2.19. The molecule has 0 unspecified atom stereocenters. The van der Waals surface area contributed by atoms with Gasteiger partial charge >= 0.3 is 0 Å². The first-order valence-electron chi connectivity index (χ1n) is 7.62. The molecule has 3 nitrogen and oxygen atoms in total. The van der Waals surface area contributed by atoms with E-state index >= 15 is 0 Å². The molecule has 2 rings (SSSR count). The Labute approximate surface area is 134 Å². The molecule has 0 atom stereocenters. The molecule has 0 aliphatic carbocycles. The smallest absolute Gasteiger partial charge is 0.254 e. The zero-order valence-corrected chi connectivity index (χ0v) is 13.8. The normalized spacial score (nSPS) is 16.5. The number of amides is 1. The number of nitrogens with one attached hydrogen (secondary N) is 1. The first-order chi connectivity index (χ1) is 10.2. The van der Waals surface area contributed by atoms with Crippen LogP contribution in [0.4, 0.5) is 4.39 Å². The van der Waals surface area contributed by atoms with Crippen LogP contribution in [0.2, 0.25) is 0 Å². The van der Waals surface area contributed by atoms with Crippen LogP contribution in [-0.2, 0) is 0 Å². The Balaban J connectivity index is 1.72. The summed E-state index contributed by atoms with van der Waals surface area (Å²) in [6.07, 6.45) is 6.11. The maximum absolute atomic E-state index is 13.6. The van der Waals surface area contributed by atoms with Crippen LogP contribution in [0.1, 0.15) is 42.5 Å². The van der Waals surface area contributed by atoms with Crippen LogP contribution in [0, 0.1) is 5.82 Å². The third-order valence-corrected chi connectivity index (χ3v) is 4.30. The zero-order valence-electron chi connectivity index (χ0n) is 12.2. The number of likely N-dealkylation sites (tertiary alicyclic amines) is 1. The summed E-state index contributed by atoms with van der Waals surface area (Å²) in [4.78, 5) is 14.4. The molecule has 1 N–H and O–H groups in total. The molecule has 1 aliphatic rings. The van der Waals surface area contributed by atoms with Gasteiger partial charge in [-0.1, -0.05) is 28.8 Å². The van der Waals surface area contributed by atoms with Gasteiger partial charge in [-0.3, -0.25) is 4.79 Å². The van der Waals surface area contributed by atoms with Crippen LogP contribution < -0.4 is 5.32 Å². The molecule has 1 aromatic rings. The molecule has 0 radical (unpaired) electrons. The highest BCUT2D eigenvalue weighted by Gasteiger charge is 2.12. The summed E-state index contributed by atoms with van der Waals surface area (Å²) in [5.41, 5.74) is 0.0964. The van der Waals surface area contributed by atoms with Gasteiger partial charge in [-0.2, -0.15) is 0 Å². The van der Waals surface area contributed by atoms with Crippen LogP contribution >= 0.6 is 15.9 Å². The van der Waals surface area contributed by atoms with Gasteiger partial charge in [-0.05, 0) is 57.1 Å². The van der Waals surface area contributed by atoms with Crippen LogP contribution in [-0.4, -0.2) is 37.0 Å². The van der Waals surface area contributed by atoms with E-state index < -0.39 is 5.82 Å². The summed E-state index contributed by atoms with van der Waals surface area (Å²) in [6, 6.07) is 4.40. The summed E-state index contributed by atoms with van der Waals surface area (Å²) in [6.45, 7) is 3.91. The van der Waals surface area contributed by atoms with E-state index in [4.69, 9.17) is 0 Å². The molecule has 0 bridgehead atoms. The maximum atomic E-state index is 13.6. The van der Waals surface area contributed by atoms with E-state index in [1.165, 1.54) is 37.8 Å². The molecule has 1 aliphatic heterocycles. The van der Waals surface area contributed by atoms with Gasteiger partial charge in [-0.25, -0.2) is 4.39 Å². The molecule has 5 heteroatoms. The Morgan fingerprint density at radius 3 is 2.67 bits per heavy atom. The van der Waals surface area contributed by atoms with Gasteiger partial charge < -0.3 is 10.2 Å². The van der Waals surface area contributed by atoms with Gasteiger partial charge in [0, 0.05) is 11.0 Å². The molecule has 1 amide bonds. The molecule has 0 aromatic heterocycles. The average Bonchev–Trinajstić information content (AvgIpc) is 2.74. The highest BCUT2D eigenvalue weighted by molar-refractivity contribution is 9.10. The minimum atomic E-state index is -0.483. The number of hydrogen-bond acceptors (Lipinski definition) is 2. The van der Waals surface area contributed by atoms with Crippen molar-refractivity contribution in [3.8, 4) is 0 Å². The molecule has 1 saturated heterocycles. The SMILES string of the molecule is O=C(NCCCN1CCCCCC1)c1cc(Br)ccc1F. The van der Waals surface area contributed by atoms with Gasteiger partial charge in [-0.15, -0.1) is 0 Å². The third kappa shape index (κ3) is 5.40. The monoisotopic (exact) mass is 356 g/mol. The fourth-order valence-corrected chi connectivity index (χ4v) is 2.99. The standard InChI is InChI=1S/C16H22BrFN2O/c17-13-6-7-15(18)14(12-13)16(21)19-8-5-11-20-9-3-1-2-4-10-20/h6-7,12H,1-5,8-11H2,(H,19,21). The number of nitrogens with zero attached hydrogens (tertiary/aromatic N) is 1. The topological polar surface area (TPSA) is 32.3 Å². The van der Waals surface area contributed by atoms with Crippen LogP contribution in [0.3, 0.4) is 0 Å². The molecule has 1 fully saturated rings. The Bertz CT molecular complexity index is 473. The second kappa shape index (κ2) is 8.49. The number of benzene rings is 1. The van der Waals surface area contributed by atoms with Crippen molar-refractivity contribution in [3.63, 3.8) is 0 Å². The Morgan fingerprint density at radius 1 is 1.24 bits per heavy atom. The summed E-state index contributed by atoms with van der Waals surface area (Å²) in [5, 5.41) is 2.80. The Hall–Kier alpha value is -0.940. The van der Waals surface area contributed by atoms with Crippen LogP contribution in [0.25, 0.3) is 0 Å². The van der Waals surface area contributed by atoms with Crippen molar-refractivity contribution in [2.45, 2.75) is 32.1 Å². The quantitative estimate of drug-likeness (QED) is 0.817. The van der Waals surface area contributed by atoms with Gasteiger partial charge in [0.2, 0.25) is 0 Å². The molecular formula is C16H22BrFN2O. The summed E-state index contributed by atoms with van der Waals surface area (Å²) in [7, 11) is 0. The third-order valence-electron chi connectivity index (χ3n) is 3.81. The van der Waals surface area contributed by atoms with Gasteiger partial charge in [0.1, 0.15) is 5.82 Å². The number of carbonyl (C=O) groups is 1. The average molecular weight is 357 g/mol. The van der Waals surface area contributed by atoms with E-state index in [0.29, 0.717) is 11.0 Å². The van der Waals surface area contributed by atoms with E-state index in [1.54, 1.807) is 6.07 Å². The molecule has 0 saturated carbocycles. The predicted molar refractivity (Wildman–Crippen MR) is 86.0 cm³/mol. The van der Waals surface area contributed by atoms with Crippen molar-refractivity contribution in [3.05, 3.63) is 34.1 Å². The summed E-state index contributed by atoms with van der Waals surface area (Å²) < 4.78 is 14.3. The molecule has 116 valence electrons. The molecule has 1 aromatic carbocycles. The summed E-state index contributed by atoms with van der Waals surface area (Å²) in [5.74, 6) is -0.826. The second-order valence-electron chi connectivity index (χ2n) is 5.49. The molecule has 21 heavy (non-hydrogen) atoms. The maximum Gasteiger partial charge on any atom is 0.254 e. The van der Waals surface area contributed by atoms with Crippen molar-refractivity contribution < 1.29 is 9.18 Å². The Morgan fingerprint density at radius 2 is 1.95 bits per heavy atom. The first-order valence-corrected chi connectivity index (χ1v) is 8.42. The van der Waals surface area contributed by atoms with E-state index in [9.17, 15) is 9.18 Å². The molecule has 1 heterocycles. The molecular weight excluding hydrogens is 335 g/mol. The largest absolute Gasteiger partial charge is 0.352 e. The fraction of sp³-hybridized carbons (Fsp3) is 0.562. The second-order valence-corrected chi connectivity index (χ2v) is 6.41. The lowest BCUT2D eigenvalue weighted by Crippen LogP contribution is -2.31. The van der Waals surface area contributed by atoms with Gasteiger partial charge in [0.25, 0.3) is 5.91 Å². The van der Waals surface area contributed by atoms with Crippen LogP contribution in [0.15, 0.2) is 22.7 Å². The van der Waals surface area contributed by atoms with E-state index in [1.807, 2.05) is 0 Å². The highest BCUT2D eigenvalue weighted by Crippen LogP contribution is 2.15. The van der Waals surface area contributed by atoms with Crippen LogP contribution in [0.5, 0.6) is 0 Å². The Kier molecular flexibility index (Phi) is 6.64. The van der Waals surface area contributed by atoms with E-state index in [2.05, 4.69) is 26.1 Å². The number of carbonyl (C=O) groups excluding carboxylic acids is 1. The fourth-order valence-electron chi connectivity index (χ4n) is 2.63. The number of hydrogen-bond donors (Lipinski definition) is 1. The van der Waals surface area contributed by atoms with Crippen molar-refractivity contribution in [1.29, 1.82) is 0 Å². The van der Waals surface area contributed by atoms with Crippen molar-refractivity contribution in [2.24, 2.45) is 0 Å². The predicted octanol–water partition coefficient (Wildman–Crippen LogP) is 3.58. The summed E-state index contributed by atoms with van der Waals surface area (Å²) >= 11 is 3.25. The van der Waals surface area contributed by atoms with Crippen molar-refractivity contribution in [1.82, 2.24) is 10.2 Å². The van der Waals surface area contributed by atoms with Crippen molar-refractivity contribution in [2.75, 3.05) is 26.2 Å². The number of halogens is 2. The van der Waals surface area contributed by atoms with Gasteiger partial charge in [0.05, 0.1) is 5.56 Å².